The smallest absolute Gasteiger partial charge is 0.416 e. The Morgan fingerprint density at radius 2 is 1.89 bits per heavy atom. The Bertz CT molecular complexity index is 962. The number of morpholine rings is 1. The van der Waals surface area contributed by atoms with Crippen LogP contribution in [0.2, 0.25) is 0 Å². The van der Waals surface area contributed by atoms with Crippen LogP contribution in [0.4, 0.5) is 13.2 Å². The monoisotopic (exact) mass is 412 g/mol. The van der Waals surface area contributed by atoms with E-state index < -0.39 is 17.8 Å². The van der Waals surface area contributed by atoms with Gasteiger partial charge in [-0.25, -0.2) is 4.98 Å². The van der Waals surface area contributed by atoms with Gasteiger partial charge in [0.15, 0.2) is 5.82 Å². The molecule has 6 nitrogen and oxygen atoms in total. The Morgan fingerprint density at radius 1 is 1.21 bits per heavy atom. The van der Waals surface area contributed by atoms with E-state index >= 15 is 0 Å². The molecule has 0 radical (unpaired) electrons. The van der Waals surface area contributed by atoms with Gasteiger partial charge in [0.1, 0.15) is 0 Å². The van der Waals surface area contributed by atoms with Crippen LogP contribution in [-0.2, 0) is 17.3 Å². The number of aryl methyl sites for hydroxylation is 1. The number of ether oxygens (including phenoxy) is 1. The molecule has 3 aromatic rings. The highest BCUT2D eigenvalue weighted by atomic mass is 32.1. The Kier molecular flexibility index (Phi) is 5.02. The number of nitrogens with zero attached hydrogens (tertiary/aromatic N) is 4. The molecule has 4 rings (SSSR count). The number of hydrogen-bond donors (Lipinski definition) is 1. The summed E-state index contributed by atoms with van der Waals surface area (Å²) in [4.78, 5) is 7.67. The molecule has 1 saturated heterocycles. The zero-order valence-electron chi connectivity index (χ0n) is 15.1. The van der Waals surface area contributed by atoms with E-state index in [1.807, 2.05) is 6.92 Å². The van der Waals surface area contributed by atoms with Gasteiger partial charge in [0, 0.05) is 19.5 Å². The first-order valence-electron chi connectivity index (χ1n) is 8.94. The first-order chi connectivity index (χ1) is 13.4. The molecule has 1 unspecified atom stereocenters. The van der Waals surface area contributed by atoms with E-state index in [1.54, 1.807) is 0 Å². The molecular formula is C18H19F3N4O2S. The SMILES string of the molecule is CCc1nc2sc(C(c3ccc(C(F)(F)F)cc3)N3CCOCC3)c(O)n2n1. The van der Waals surface area contributed by atoms with E-state index in [4.69, 9.17) is 4.74 Å². The molecular weight excluding hydrogens is 393 g/mol. The summed E-state index contributed by atoms with van der Waals surface area (Å²) in [7, 11) is 0. The van der Waals surface area contributed by atoms with Gasteiger partial charge in [-0.3, -0.25) is 4.90 Å². The van der Waals surface area contributed by atoms with Crippen molar-refractivity contribution in [1.82, 2.24) is 19.5 Å². The van der Waals surface area contributed by atoms with Gasteiger partial charge in [0.05, 0.1) is 29.7 Å². The van der Waals surface area contributed by atoms with Gasteiger partial charge in [-0.2, -0.15) is 17.7 Å². The minimum atomic E-state index is -4.39. The van der Waals surface area contributed by atoms with Gasteiger partial charge in [0.2, 0.25) is 10.8 Å². The van der Waals surface area contributed by atoms with Crippen LogP contribution >= 0.6 is 11.3 Å². The van der Waals surface area contributed by atoms with Crippen molar-refractivity contribution in [2.24, 2.45) is 0 Å². The normalized spacial score (nSPS) is 17.3. The maximum Gasteiger partial charge on any atom is 0.416 e. The van der Waals surface area contributed by atoms with Gasteiger partial charge in [-0.1, -0.05) is 30.4 Å². The summed E-state index contributed by atoms with van der Waals surface area (Å²) in [5.41, 5.74) is -0.0261. The van der Waals surface area contributed by atoms with Crippen molar-refractivity contribution in [3.8, 4) is 5.88 Å². The van der Waals surface area contributed by atoms with Crippen molar-refractivity contribution in [3.63, 3.8) is 0 Å². The van der Waals surface area contributed by atoms with Gasteiger partial charge in [0.25, 0.3) is 0 Å². The molecule has 150 valence electrons. The molecule has 10 heteroatoms. The molecule has 0 bridgehead atoms. The largest absolute Gasteiger partial charge is 0.492 e. The van der Waals surface area contributed by atoms with Crippen LogP contribution in [0.3, 0.4) is 0 Å². The molecule has 1 aliphatic rings. The molecule has 1 aromatic carbocycles. The summed E-state index contributed by atoms with van der Waals surface area (Å²) in [6.07, 6.45) is -3.74. The quantitative estimate of drug-likeness (QED) is 0.711. The number of hydrogen-bond acceptors (Lipinski definition) is 6. The van der Waals surface area contributed by atoms with E-state index in [2.05, 4.69) is 15.0 Å². The van der Waals surface area contributed by atoms with Crippen molar-refractivity contribution in [1.29, 1.82) is 0 Å². The Morgan fingerprint density at radius 3 is 2.46 bits per heavy atom. The van der Waals surface area contributed by atoms with Crippen LogP contribution in [0, 0.1) is 0 Å². The molecule has 0 aliphatic carbocycles. The number of halogens is 3. The van der Waals surface area contributed by atoms with Crippen LogP contribution in [0.5, 0.6) is 5.88 Å². The highest BCUT2D eigenvalue weighted by Crippen LogP contribution is 2.41. The molecule has 0 spiro atoms. The minimum absolute atomic E-state index is 0.0245. The third kappa shape index (κ3) is 3.47. The van der Waals surface area contributed by atoms with Crippen molar-refractivity contribution in [2.45, 2.75) is 25.6 Å². The molecule has 1 fully saturated rings. The summed E-state index contributed by atoms with van der Waals surface area (Å²) in [6.45, 7) is 4.20. The van der Waals surface area contributed by atoms with Gasteiger partial charge in [-0.15, -0.1) is 5.10 Å². The van der Waals surface area contributed by atoms with E-state index in [1.165, 1.54) is 28.0 Å². The summed E-state index contributed by atoms with van der Waals surface area (Å²) >= 11 is 1.30. The number of alkyl halides is 3. The molecule has 28 heavy (non-hydrogen) atoms. The number of aromatic hydroxyl groups is 1. The Hall–Kier alpha value is -2.17. The summed E-state index contributed by atoms with van der Waals surface area (Å²) in [5, 5.41) is 15.1. The van der Waals surface area contributed by atoms with Crippen molar-refractivity contribution in [3.05, 3.63) is 46.1 Å². The van der Waals surface area contributed by atoms with Crippen LogP contribution in [-0.4, -0.2) is 50.9 Å². The van der Waals surface area contributed by atoms with Gasteiger partial charge >= 0.3 is 6.18 Å². The molecule has 0 amide bonds. The fraction of sp³-hybridized carbons (Fsp3) is 0.444. The molecule has 1 atom stereocenters. The summed E-state index contributed by atoms with van der Waals surface area (Å²) < 4.78 is 45.7. The number of fused-ring (bicyclic) bond motifs is 1. The second-order valence-electron chi connectivity index (χ2n) is 6.54. The molecule has 3 heterocycles. The second kappa shape index (κ2) is 7.34. The van der Waals surface area contributed by atoms with Crippen LogP contribution < -0.4 is 0 Å². The lowest BCUT2D eigenvalue weighted by Gasteiger charge is -2.34. The van der Waals surface area contributed by atoms with Gasteiger partial charge in [-0.05, 0) is 17.7 Å². The first kappa shape index (κ1) is 19.2. The maximum absolute atomic E-state index is 12.9. The maximum atomic E-state index is 12.9. The summed E-state index contributed by atoms with van der Waals surface area (Å²) in [5.74, 6) is 0.606. The van der Waals surface area contributed by atoms with E-state index in [9.17, 15) is 18.3 Å². The number of aromatic nitrogens is 3. The fourth-order valence-electron chi connectivity index (χ4n) is 3.34. The second-order valence-corrected chi connectivity index (χ2v) is 7.55. The van der Waals surface area contributed by atoms with E-state index in [0.717, 1.165) is 12.1 Å². The topological polar surface area (TPSA) is 62.9 Å². The third-order valence-corrected chi connectivity index (χ3v) is 5.85. The highest BCUT2D eigenvalue weighted by Gasteiger charge is 2.33. The Labute approximate surface area is 163 Å². The predicted octanol–water partition coefficient (Wildman–Crippen LogP) is 3.50. The first-order valence-corrected chi connectivity index (χ1v) is 9.76. The highest BCUT2D eigenvalue weighted by molar-refractivity contribution is 7.17. The third-order valence-electron chi connectivity index (χ3n) is 4.77. The van der Waals surface area contributed by atoms with E-state index in [-0.39, 0.29) is 5.88 Å². The van der Waals surface area contributed by atoms with Gasteiger partial charge < -0.3 is 9.84 Å². The van der Waals surface area contributed by atoms with Crippen LogP contribution in [0.15, 0.2) is 24.3 Å². The Balaban J connectivity index is 1.78. The zero-order valence-corrected chi connectivity index (χ0v) is 15.9. The zero-order chi connectivity index (χ0) is 19.9. The van der Waals surface area contributed by atoms with Crippen molar-refractivity contribution < 1.29 is 23.0 Å². The lowest BCUT2D eigenvalue weighted by Crippen LogP contribution is -2.39. The lowest BCUT2D eigenvalue weighted by molar-refractivity contribution is -0.137. The average Bonchev–Trinajstić information content (AvgIpc) is 3.22. The molecule has 1 aliphatic heterocycles. The standard InChI is InChI=1S/C18H19F3N4O2S/c1-2-13-22-17-25(23-13)16(26)15(28-17)14(24-7-9-27-10-8-24)11-3-5-12(6-4-11)18(19,20)21/h3-6,14,26H,2,7-10H2,1H3. The summed E-state index contributed by atoms with van der Waals surface area (Å²) in [6, 6.07) is 4.69. The fourth-order valence-corrected chi connectivity index (χ4v) is 4.47. The lowest BCUT2D eigenvalue weighted by atomic mass is 10.0. The number of rotatable bonds is 4. The van der Waals surface area contributed by atoms with Crippen LogP contribution in [0.25, 0.3) is 4.96 Å². The van der Waals surface area contributed by atoms with Crippen LogP contribution in [0.1, 0.15) is 34.8 Å². The number of benzene rings is 1. The number of thiazole rings is 1. The molecule has 1 N–H and O–H groups in total. The molecule has 2 aromatic heterocycles. The van der Waals surface area contributed by atoms with Crippen molar-refractivity contribution >= 4 is 16.3 Å². The molecule has 0 saturated carbocycles. The predicted molar refractivity (Wildman–Crippen MR) is 97.6 cm³/mol. The van der Waals surface area contributed by atoms with Crippen molar-refractivity contribution in [2.75, 3.05) is 26.3 Å². The average molecular weight is 412 g/mol. The minimum Gasteiger partial charge on any atom is -0.492 e. The van der Waals surface area contributed by atoms with E-state index in [0.29, 0.717) is 53.9 Å².